The van der Waals surface area contributed by atoms with Gasteiger partial charge in [-0.25, -0.2) is 0 Å². The topological polar surface area (TPSA) is 64.7 Å². The van der Waals surface area contributed by atoms with Crippen LogP contribution in [0, 0.1) is 0 Å². The number of ether oxygens (including phenoxy) is 2. The Bertz CT molecular complexity index is 395. The molecule has 1 aromatic rings. The second-order valence-electron chi connectivity index (χ2n) is 4.54. The molecule has 2 unspecified atom stereocenters. The molecule has 3 N–H and O–H groups in total. The highest BCUT2D eigenvalue weighted by molar-refractivity contribution is 5.46. The number of benzene rings is 1. The molecule has 0 heterocycles. The van der Waals surface area contributed by atoms with Crippen molar-refractivity contribution in [2.45, 2.75) is 44.9 Å². The maximum Gasteiger partial charge on any atom is 0.166 e. The molecule has 1 fully saturated rings. The van der Waals surface area contributed by atoms with Crippen LogP contribution in [0.2, 0.25) is 0 Å². The molecule has 2 rings (SSSR count). The van der Waals surface area contributed by atoms with Crippen molar-refractivity contribution >= 4 is 0 Å². The fraction of sp³-hybridized carbons (Fsp3) is 0.571. The van der Waals surface area contributed by atoms with Crippen molar-refractivity contribution in [3.8, 4) is 11.5 Å². The molecule has 0 bridgehead atoms. The minimum absolute atomic E-state index is 0.142. The maximum atomic E-state index is 9.84. The maximum absolute atomic E-state index is 9.84. The number of rotatable bonds is 5. The van der Waals surface area contributed by atoms with Crippen LogP contribution in [0.1, 0.15) is 31.7 Å². The summed E-state index contributed by atoms with van der Waals surface area (Å²) in [6, 6.07) is 5.71. The summed E-state index contributed by atoms with van der Waals surface area (Å²) in [6.45, 7) is 2.92. The third-order valence-electron chi connectivity index (χ3n) is 3.27. The van der Waals surface area contributed by atoms with Crippen LogP contribution in [0.4, 0.5) is 0 Å². The predicted molar refractivity (Wildman–Crippen MR) is 69.8 cm³/mol. The van der Waals surface area contributed by atoms with Gasteiger partial charge in [-0.1, -0.05) is 12.1 Å². The lowest BCUT2D eigenvalue weighted by Crippen LogP contribution is -2.26. The van der Waals surface area contributed by atoms with Crippen LogP contribution in [0.15, 0.2) is 18.2 Å². The van der Waals surface area contributed by atoms with Crippen molar-refractivity contribution in [3.63, 3.8) is 0 Å². The first-order chi connectivity index (χ1) is 8.76. The van der Waals surface area contributed by atoms with Gasteiger partial charge in [-0.3, -0.25) is 0 Å². The van der Waals surface area contributed by atoms with E-state index in [0.717, 1.165) is 24.8 Å². The normalized spacial score (nSPS) is 23.1. The van der Waals surface area contributed by atoms with Crippen LogP contribution in [-0.4, -0.2) is 23.9 Å². The quantitative estimate of drug-likeness (QED) is 0.838. The lowest BCUT2D eigenvalue weighted by atomic mass is 10.1. The van der Waals surface area contributed by atoms with E-state index in [-0.39, 0.29) is 12.2 Å². The van der Waals surface area contributed by atoms with E-state index in [4.69, 9.17) is 15.2 Å². The molecule has 1 saturated carbocycles. The minimum Gasteiger partial charge on any atom is -0.490 e. The zero-order valence-corrected chi connectivity index (χ0v) is 10.8. The molecular weight excluding hydrogens is 230 g/mol. The van der Waals surface area contributed by atoms with Crippen molar-refractivity contribution in [2.75, 3.05) is 6.61 Å². The van der Waals surface area contributed by atoms with E-state index < -0.39 is 0 Å². The van der Waals surface area contributed by atoms with Crippen molar-refractivity contribution < 1.29 is 14.6 Å². The Balaban J connectivity index is 2.22. The molecule has 4 nitrogen and oxygen atoms in total. The van der Waals surface area contributed by atoms with Crippen LogP contribution >= 0.6 is 0 Å². The highest BCUT2D eigenvalue weighted by Gasteiger charge is 2.28. The number of nitrogens with two attached hydrogens (primary N) is 1. The first kappa shape index (κ1) is 13.2. The van der Waals surface area contributed by atoms with E-state index in [1.807, 2.05) is 25.1 Å². The molecular formula is C14H21NO3. The molecule has 0 aromatic heterocycles. The third kappa shape index (κ3) is 2.76. The molecule has 0 aliphatic heterocycles. The summed E-state index contributed by atoms with van der Waals surface area (Å²) in [5.41, 5.74) is 6.64. The average Bonchev–Trinajstić information content (AvgIpc) is 2.77. The number of aliphatic hydroxyl groups is 1. The smallest absolute Gasteiger partial charge is 0.166 e. The Labute approximate surface area is 108 Å². The highest BCUT2D eigenvalue weighted by Crippen LogP contribution is 2.34. The molecule has 2 atom stereocenters. The van der Waals surface area contributed by atoms with Gasteiger partial charge in [0.2, 0.25) is 0 Å². The van der Waals surface area contributed by atoms with Crippen molar-refractivity contribution in [1.82, 2.24) is 0 Å². The van der Waals surface area contributed by atoms with Gasteiger partial charge in [0.25, 0.3) is 0 Å². The monoisotopic (exact) mass is 251 g/mol. The largest absolute Gasteiger partial charge is 0.490 e. The first-order valence-corrected chi connectivity index (χ1v) is 6.55. The summed E-state index contributed by atoms with van der Waals surface area (Å²) in [5.74, 6) is 1.40. The molecule has 18 heavy (non-hydrogen) atoms. The molecule has 1 aliphatic carbocycles. The second kappa shape index (κ2) is 6.07. The minimum atomic E-state index is -0.384. The fourth-order valence-electron chi connectivity index (χ4n) is 2.32. The summed E-state index contributed by atoms with van der Waals surface area (Å²) in [7, 11) is 0. The summed E-state index contributed by atoms with van der Waals surface area (Å²) >= 11 is 0. The summed E-state index contributed by atoms with van der Waals surface area (Å²) in [6.07, 6.45) is 2.16. The Morgan fingerprint density at radius 3 is 2.83 bits per heavy atom. The first-order valence-electron chi connectivity index (χ1n) is 6.55. The standard InChI is InChI=1S/C14H21NO3/c1-2-17-13-8-3-5-10(9-15)14(13)18-12-7-4-6-11(12)16/h3,5,8,11-12,16H,2,4,6-7,9,15H2,1H3. The Hall–Kier alpha value is -1.26. The lowest BCUT2D eigenvalue weighted by Gasteiger charge is -2.21. The van der Waals surface area contributed by atoms with Gasteiger partial charge in [0, 0.05) is 12.1 Å². The van der Waals surface area contributed by atoms with E-state index in [2.05, 4.69) is 0 Å². The third-order valence-corrected chi connectivity index (χ3v) is 3.27. The van der Waals surface area contributed by atoms with Gasteiger partial charge in [-0.2, -0.15) is 0 Å². The number of para-hydroxylation sites is 1. The van der Waals surface area contributed by atoms with Gasteiger partial charge in [-0.15, -0.1) is 0 Å². The Kier molecular flexibility index (Phi) is 4.44. The molecule has 0 amide bonds. The molecule has 4 heteroatoms. The highest BCUT2D eigenvalue weighted by atomic mass is 16.5. The molecule has 1 aliphatic rings. The molecule has 0 saturated heterocycles. The van der Waals surface area contributed by atoms with Crippen molar-refractivity contribution in [3.05, 3.63) is 23.8 Å². The summed E-state index contributed by atoms with van der Waals surface area (Å²) in [4.78, 5) is 0. The van der Waals surface area contributed by atoms with Crippen LogP contribution in [0.5, 0.6) is 11.5 Å². The van der Waals surface area contributed by atoms with E-state index in [9.17, 15) is 5.11 Å². The van der Waals surface area contributed by atoms with Crippen LogP contribution in [0.3, 0.4) is 0 Å². The summed E-state index contributed by atoms with van der Waals surface area (Å²) < 4.78 is 11.5. The van der Waals surface area contributed by atoms with Gasteiger partial charge < -0.3 is 20.3 Å². The number of hydrogen-bond donors (Lipinski definition) is 2. The molecule has 0 spiro atoms. The van der Waals surface area contributed by atoms with Gasteiger partial charge in [0.05, 0.1) is 12.7 Å². The van der Waals surface area contributed by atoms with E-state index in [1.54, 1.807) is 0 Å². The predicted octanol–water partition coefficient (Wildman–Crippen LogP) is 1.84. The molecule has 0 radical (unpaired) electrons. The summed E-state index contributed by atoms with van der Waals surface area (Å²) in [5, 5.41) is 9.84. The number of hydrogen-bond acceptors (Lipinski definition) is 4. The Morgan fingerprint density at radius 1 is 1.39 bits per heavy atom. The van der Waals surface area contributed by atoms with Crippen LogP contribution in [0.25, 0.3) is 0 Å². The number of aliphatic hydroxyl groups excluding tert-OH is 1. The van der Waals surface area contributed by atoms with Gasteiger partial charge >= 0.3 is 0 Å². The van der Waals surface area contributed by atoms with Crippen LogP contribution < -0.4 is 15.2 Å². The average molecular weight is 251 g/mol. The van der Waals surface area contributed by atoms with Gasteiger partial charge in [0.1, 0.15) is 6.10 Å². The fourth-order valence-corrected chi connectivity index (χ4v) is 2.32. The van der Waals surface area contributed by atoms with Crippen LogP contribution in [-0.2, 0) is 6.54 Å². The SMILES string of the molecule is CCOc1cccc(CN)c1OC1CCCC1O. The van der Waals surface area contributed by atoms with Crippen molar-refractivity contribution in [1.29, 1.82) is 0 Å². The zero-order valence-electron chi connectivity index (χ0n) is 10.8. The lowest BCUT2D eigenvalue weighted by molar-refractivity contribution is 0.0575. The van der Waals surface area contributed by atoms with Crippen molar-refractivity contribution in [2.24, 2.45) is 5.73 Å². The van der Waals surface area contributed by atoms with Gasteiger partial charge in [-0.05, 0) is 32.3 Å². The molecule has 1 aromatic carbocycles. The zero-order chi connectivity index (χ0) is 13.0. The second-order valence-corrected chi connectivity index (χ2v) is 4.54. The van der Waals surface area contributed by atoms with E-state index >= 15 is 0 Å². The van der Waals surface area contributed by atoms with Gasteiger partial charge in [0.15, 0.2) is 11.5 Å². The van der Waals surface area contributed by atoms with E-state index in [0.29, 0.717) is 24.7 Å². The Morgan fingerprint density at radius 2 is 2.22 bits per heavy atom. The molecule has 100 valence electrons. The van der Waals surface area contributed by atoms with E-state index in [1.165, 1.54) is 0 Å².